The van der Waals surface area contributed by atoms with Gasteiger partial charge in [0, 0.05) is 19.6 Å². The number of hydrogen-bond acceptors (Lipinski definition) is 4. The van der Waals surface area contributed by atoms with Gasteiger partial charge >= 0.3 is 5.97 Å². The summed E-state index contributed by atoms with van der Waals surface area (Å²) in [6.07, 6.45) is 0. The smallest absolute Gasteiger partial charge is 0.317 e. The number of carboxylic acids is 1. The van der Waals surface area contributed by atoms with Crippen LogP contribution in [0.25, 0.3) is 0 Å². The molecule has 148 valence electrons. The Morgan fingerprint density at radius 1 is 1.04 bits per heavy atom. The van der Waals surface area contributed by atoms with Gasteiger partial charge in [-0.05, 0) is 36.5 Å². The van der Waals surface area contributed by atoms with Crippen LogP contribution in [0.1, 0.15) is 17.2 Å². The van der Waals surface area contributed by atoms with Crippen LogP contribution >= 0.6 is 0 Å². The number of likely N-dealkylation sites (tertiary alicyclic amines) is 1. The maximum atomic E-state index is 13.4. The molecule has 0 amide bonds. The summed E-state index contributed by atoms with van der Waals surface area (Å²) < 4.78 is 28.5. The molecule has 0 bridgehead atoms. The lowest BCUT2D eigenvalue weighted by atomic mass is 9.90. The Hall–Kier alpha value is -2.22. The van der Waals surface area contributed by atoms with Crippen molar-refractivity contribution in [3.05, 3.63) is 65.7 Å². The second kappa shape index (κ2) is 7.31. The van der Waals surface area contributed by atoms with E-state index in [-0.39, 0.29) is 24.4 Å². The van der Waals surface area contributed by atoms with E-state index in [9.17, 15) is 13.2 Å². The van der Waals surface area contributed by atoms with Crippen LogP contribution in [-0.2, 0) is 14.8 Å². The molecule has 2 aliphatic heterocycles. The van der Waals surface area contributed by atoms with Gasteiger partial charge in [0.05, 0.1) is 17.5 Å². The molecule has 2 heterocycles. The molecule has 2 aromatic carbocycles. The van der Waals surface area contributed by atoms with E-state index < -0.39 is 16.0 Å². The van der Waals surface area contributed by atoms with Crippen molar-refractivity contribution in [1.82, 2.24) is 9.21 Å². The third kappa shape index (κ3) is 3.45. The number of rotatable bonds is 5. The van der Waals surface area contributed by atoms with Gasteiger partial charge < -0.3 is 5.11 Å². The Morgan fingerprint density at radius 2 is 1.71 bits per heavy atom. The SMILES string of the molecule is Cc1ccc(S(=O)(=O)N2C[C@@H]3CN(CC(=O)O)C[C@@H]3[C@H]2c2ccccc2)cc1. The minimum atomic E-state index is -3.64. The fourth-order valence-electron chi connectivity index (χ4n) is 4.58. The molecular formula is C21H24N2O4S. The quantitative estimate of drug-likeness (QED) is 0.834. The van der Waals surface area contributed by atoms with Crippen LogP contribution in [-0.4, -0.2) is 54.9 Å². The van der Waals surface area contributed by atoms with Crippen LogP contribution in [0.5, 0.6) is 0 Å². The summed E-state index contributed by atoms with van der Waals surface area (Å²) in [6.45, 7) is 3.55. The monoisotopic (exact) mass is 400 g/mol. The summed E-state index contributed by atoms with van der Waals surface area (Å²) >= 11 is 0. The van der Waals surface area contributed by atoms with Crippen LogP contribution < -0.4 is 0 Å². The van der Waals surface area contributed by atoms with Gasteiger partial charge in [-0.1, -0.05) is 48.0 Å². The van der Waals surface area contributed by atoms with Crippen LogP contribution in [0.15, 0.2) is 59.5 Å². The van der Waals surface area contributed by atoms with Gasteiger partial charge in [-0.15, -0.1) is 0 Å². The summed E-state index contributed by atoms with van der Waals surface area (Å²) in [6, 6.07) is 16.4. The first-order valence-corrected chi connectivity index (χ1v) is 10.9. The highest BCUT2D eigenvalue weighted by Crippen LogP contribution is 2.47. The number of carbonyl (C=O) groups is 1. The third-order valence-electron chi connectivity index (χ3n) is 5.83. The van der Waals surface area contributed by atoms with E-state index in [2.05, 4.69) is 0 Å². The Balaban J connectivity index is 1.70. The fourth-order valence-corrected chi connectivity index (χ4v) is 6.29. The molecule has 0 saturated carbocycles. The van der Waals surface area contributed by atoms with Crippen molar-refractivity contribution in [3.63, 3.8) is 0 Å². The van der Waals surface area contributed by atoms with E-state index in [0.29, 0.717) is 24.5 Å². The van der Waals surface area contributed by atoms with Gasteiger partial charge in [0.1, 0.15) is 0 Å². The molecule has 3 atom stereocenters. The minimum Gasteiger partial charge on any atom is -0.480 e. The van der Waals surface area contributed by atoms with Crippen molar-refractivity contribution >= 4 is 16.0 Å². The zero-order valence-electron chi connectivity index (χ0n) is 15.7. The average molecular weight is 401 g/mol. The van der Waals surface area contributed by atoms with E-state index >= 15 is 0 Å². The van der Waals surface area contributed by atoms with Crippen LogP contribution in [0.3, 0.4) is 0 Å². The van der Waals surface area contributed by atoms with Gasteiger partial charge in [0.15, 0.2) is 0 Å². The van der Waals surface area contributed by atoms with E-state index in [4.69, 9.17) is 5.11 Å². The molecule has 1 N–H and O–H groups in total. The van der Waals surface area contributed by atoms with Crippen molar-refractivity contribution in [3.8, 4) is 0 Å². The van der Waals surface area contributed by atoms with E-state index in [0.717, 1.165) is 11.1 Å². The molecule has 2 fully saturated rings. The topological polar surface area (TPSA) is 77.9 Å². The maximum absolute atomic E-state index is 13.4. The summed E-state index contributed by atoms with van der Waals surface area (Å²) in [7, 11) is -3.64. The van der Waals surface area contributed by atoms with Crippen molar-refractivity contribution in [2.45, 2.75) is 17.9 Å². The maximum Gasteiger partial charge on any atom is 0.317 e. The molecular weight excluding hydrogens is 376 g/mol. The highest BCUT2D eigenvalue weighted by atomic mass is 32.2. The predicted molar refractivity (Wildman–Crippen MR) is 105 cm³/mol. The summed E-state index contributed by atoms with van der Waals surface area (Å²) in [5, 5.41) is 9.12. The Kier molecular flexibility index (Phi) is 4.99. The molecule has 2 aliphatic rings. The third-order valence-corrected chi connectivity index (χ3v) is 7.69. The Morgan fingerprint density at radius 3 is 2.36 bits per heavy atom. The molecule has 2 aromatic rings. The Labute approximate surface area is 165 Å². The predicted octanol–water partition coefficient (Wildman–Crippen LogP) is 2.37. The van der Waals surface area contributed by atoms with Gasteiger partial charge in [0.25, 0.3) is 0 Å². The molecule has 0 aromatic heterocycles. The van der Waals surface area contributed by atoms with Crippen molar-refractivity contribution in [2.75, 3.05) is 26.2 Å². The molecule has 4 rings (SSSR count). The van der Waals surface area contributed by atoms with Crippen molar-refractivity contribution < 1.29 is 18.3 Å². The zero-order valence-corrected chi connectivity index (χ0v) is 16.5. The standard InChI is InChI=1S/C21H24N2O4S/c1-15-7-9-18(10-8-15)28(26,27)23-12-17-11-22(14-20(24)25)13-19(17)21(23)16-5-3-2-4-6-16/h2-10,17,19,21H,11-14H2,1H3,(H,24,25)/t17-,19-,21+/m0/s1. The Bertz CT molecular complexity index is 960. The molecule has 0 aliphatic carbocycles. The van der Waals surface area contributed by atoms with Gasteiger partial charge in [0.2, 0.25) is 10.0 Å². The first kappa shape index (κ1) is 19.1. The molecule has 2 saturated heterocycles. The molecule has 0 radical (unpaired) electrons. The van der Waals surface area contributed by atoms with Gasteiger partial charge in [-0.25, -0.2) is 8.42 Å². The number of carboxylic acid groups (broad SMARTS) is 1. The summed E-state index contributed by atoms with van der Waals surface area (Å²) in [4.78, 5) is 13.3. The van der Waals surface area contributed by atoms with Crippen LogP contribution in [0.2, 0.25) is 0 Å². The first-order valence-electron chi connectivity index (χ1n) is 9.44. The van der Waals surface area contributed by atoms with Crippen LogP contribution in [0.4, 0.5) is 0 Å². The molecule has 0 unspecified atom stereocenters. The number of fused-ring (bicyclic) bond motifs is 1. The molecule has 7 heteroatoms. The molecule has 28 heavy (non-hydrogen) atoms. The van der Waals surface area contributed by atoms with Gasteiger partial charge in [-0.3, -0.25) is 9.69 Å². The normalized spacial score (nSPS) is 25.7. The molecule has 0 spiro atoms. The van der Waals surface area contributed by atoms with Gasteiger partial charge in [-0.2, -0.15) is 4.31 Å². The second-order valence-corrected chi connectivity index (χ2v) is 9.65. The number of aryl methyl sites for hydroxylation is 1. The number of sulfonamides is 1. The molecule has 6 nitrogen and oxygen atoms in total. The minimum absolute atomic E-state index is 0.000772. The first-order chi connectivity index (χ1) is 13.4. The zero-order chi connectivity index (χ0) is 19.9. The number of nitrogens with zero attached hydrogens (tertiary/aromatic N) is 2. The fraction of sp³-hybridized carbons (Fsp3) is 0.381. The summed E-state index contributed by atoms with van der Waals surface area (Å²) in [5.41, 5.74) is 1.98. The average Bonchev–Trinajstić information content (AvgIpc) is 3.19. The lowest BCUT2D eigenvalue weighted by molar-refractivity contribution is -0.138. The summed E-state index contributed by atoms with van der Waals surface area (Å²) in [5.74, 6) is -0.632. The van der Waals surface area contributed by atoms with E-state index in [1.807, 2.05) is 54.3 Å². The number of benzene rings is 2. The van der Waals surface area contributed by atoms with Crippen LogP contribution in [0, 0.1) is 18.8 Å². The largest absolute Gasteiger partial charge is 0.480 e. The van der Waals surface area contributed by atoms with Crippen molar-refractivity contribution in [2.24, 2.45) is 11.8 Å². The number of aliphatic carboxylic acids is 1. The van der Waals surface area contributed by atoms with E-state index in [1.54, 1.807) is 16.4 Å². The number of hydrogen-bond donors (Lipinski definition) is 1. The lowest BCUT2D eigenvalue weighted by Crippen LogP contribution is -2.37. The van der Waals surface area contributed by atoms with Crippen molar-refractivity contribution in [1.29, 1.82) is 0 Å². The lowest BCUT2D eigenvalue weighted by Gasteiger charge is -2.29. The van der Waals surface area contributed by atoms with E-state index in [1.165, 1.54) is 0 Å². The second-order valence-electron chi connectivity index (χ2n) is 7.76. The highest BCUT2D eigenvalue weighted by molar-refractivity contribution is 7.89. The highest BCUT2D eigenvalue weighted by Gasteiger charge is 2.51.